The van der Waals surface area contributed by atoms with Crippen LogP contribution in [0.15, 0.2) is 59.5 Å². The molecule has 1 aliphatic rings. The maximum absolute atomic E-state index is 12.8. The first-order valence-corrected chi connectivity index (χ1v) is 8.37. The highest BCUT2D eigenvalue weighted by Crippen LogP contribution is 2.36. The highest BCUT2D eigenvalue weighted by atomic mass is 32.2. The van der Waals surface area contributed by atoms with Crippen LogP contribution in [-0.2, 0) is 9.84 Å². The first-order valence-electron chi connectivity index (χ1n) is 6.82. The van der Waals surface area contributed by atoms with Gasteiger partial charge in [0, 0.05) is 5.56 Å². The predicted molar refractivity (Wildman–Crippen MR) is 81.2 cm³/mol. The van der Waals surface area contributed by atoms with Crippen molar-refractivity contribution in [2.24, 2.45) is 0 Å². The van der Waals surface area contributed by atoms with Crippen LogP contribution in [0.2, 0.25) is 0 Å². The molecule has 0 bridgehead atoms. The van der Waals surface area contributed by atoms with Gasteiger partial charge in [0.1, 0.15) is 17.6 Å². The first-order chi connectivity index (χ1) is 10.1. The normalized spacial score (nSPS) is 21.4. The van der Waals surface area contributed by atoms with Crippen molar-refractivity contribution in [2.75, 3.05) is 13.7 Å². The lowest BCUT2D eigenvalue weighted by Crippen LogP contribution is -2.43. The zero-order valence-corrected chi connectivity index (χ0v) is 12.5. The smallest absolute Gasteiger partial charge is 0.186 e. The van der Waals surface area contributed by atoms with Gasteiger partial charge in [-0.05, 0) is 25.2 Å². The largest absolute Gasteiger partial charge is 0.492 e. The van der Waals surface area contributed by atoms with Crippen LogP contribution in [0.25, 0.3) is 0 Å². The molecule has 0 saturated heterocycles. The van der Waals surface area contributed by atoms with E-state index < -0.39 is 15.1 Å². The topological polar surface area (TPSA) is 55.4 Å². The third-order valence-electron chi connectivity index (χ3n) is 3.81. The summed E-state index contributed by atoms with van der Waals surface area (Å²) in [6, 6.07) is 15.8. The third kappa shape index (κ3) is 2.43. The number of nitrogens with one attached hydrogen (secondary N) is 1. The van der Waals surface area contributed by atoms with Crippen molar-refractivity contribution >= 4 is 9.84 Å². The zero-order valence-electron chi connectivity index (χ0n) is 11.7. The van der Waals surface area contributed by atoms with Gasteiger partial charge in [0.25, 0.3) is 0 Å². The quantitative estimate of drug-likeness (QED) is 0.944. The molecule has 0 amide bonds. The Morgan fingerprint density at radius 2 is 1.71 bits per heavy atom. The number of para-hydroxylation sites is 1. The summed E-state index contributed by atoms with van der Waals surface area (Å²) in [5.41, 5.74) is 0.885. The van der Waals surface area contributed by atoms with Crippen molar-refractivity contribution < 1.29 is 13.2 Å². The van der Waals surface area contributed by atoms with Gasteiger partial charge in [0.15, 0.2) is 9.84 Å². The summed E-state index contributed by atoms with van der Waals surface area (Å²) in [5, 5.41) is 2.49. The van der Waals surface area contributed by atoms with Gasteiger partial charge in [0.2, 0.25) is 0 Å². The Morgan fingerprint density at radius 3 is 2.43 bits per heavy atom. The van der Waals surface area contributed by atoms with Gasteiger partial charge < -0.3 is 10.1 Å². The van der Waals surface area contributed by atoms with Crippen molar-refractivity contribution in [1.82, 2.24) is 5.32 Å². The van der Waals surface area contributed by atoms with Gasteiger partial charge in [-0.1, -0.05) is 36.4 Å². The fourth-order valence-corrected chi connectivity index (χ4v) is 4.51. The van der Waals surface area contributed by atoms with E-state index in [4.69, 9.17) is 4.74 Å². The van der Waals surface area contributed by atoms with E-state index in [1.807, 2.05) is 24.3 Å². The maximum Gasteiger partial charge on any atom is 0.186 e. The molecule has 0 fully saturated rings. The Balaban J connectivity index is 2.04. The van der Waals surface area contributed by atoms with Gasteiger partial charge in [-0.15, -0.1) is 0 Å². The van der Waals surface area contributed by atoms with E-state index in [1.165, 1.54) is 0 Å². The minimum absolute atomic E-state index is 0.153. The van der Waals surface area contributed by atoms with E-state index in [0.717, 1.165) is 11.3 Å². The molecule has 1 heterocycles. The second-order valence-corrected chi connectivity index (χ2v) is 7.18. The van der Waals surface area contributed by atoms with Crippen LogP contribution in [0, 0.1) is 0 Å². The fourth-order valence-electron chi connectivity index (χ4n) is 2.73. The molecule has 21 heavy (non-hydrogen) atoms. The molecule has 1 N–H and O–H groups in total. The molecule has 4 nitrogen and oxygen atoms in total. The van der Waals surface area contributed by atoms with Gasteiger partial charge in [-0.2, -0.15) is 0 Å². The SMILES string of the molecule is CNC1c2ccccc2OCC1S(=O)(=O)c1ccccc1. The summed E-state index contributed by atoms with van der Waals surface area (Å²) in [6.45, 7) is 0.153. The number of fused-ring (bicyclic) bond motifs is 1. The van der Waals surface area contributed by atoms with E-state index in [-0.39, 0.29) is 12.6 Å². The average molecular weight is 303 g/mol. The number of sulfone groups is 1. The Bertz CT molecular complexity index is 728. The van der Waals surface area contributed by atoms with Crippen LogP contribution in [0.5, 0.6) is 5.75 Å². The lowest BCUT2D eigenvalue weighted by molar-refractivity contribution is 0.259. The van der Waals surface area contributed by atoms with Crippen LogP contribution in [0.3, 0.4) is 0 Å². The van der Waals surface area contributed by atoms with Gasteiger partial charge in [-0.3, -0.25) is 0 Å². The zero-order chi connectivity index (χ0) is 14.9. The van der Waals surface area contributed by atoms with E-state index in [9.17, 15) is 8.42 Å². The molecule has 0 aromatic heterocycles. The summed E-state index contributed by atoms with van der Waals surface area (Å²) in [7, 11) is -1.68. The Morgan fingerprint density at radius 1 is 1.05 bits per heavy atom. The molecule has 110 valence electrons. The lowest BCUT2D eigenvalue weighted by atomic mass is 10.0. The summed E-state index contributed by atoms with van der Waals surface area (Å²) < 4.78 is 31.3. The number of ether oxygens (including phenoxy) is 1. The number of hydrogen-bond acceptors (Lipinski definition) is 4. The minimum Gasteiger partial charge on any atom is -0.492 e. The molecule has 2 atom stereocenters. The molecule has 2 unspecified atom stereocenters. The molecule has 5 heteroatoms. The van der Waals surface area contributed by atoms with Crippen LogP contribution in [0.1, 0.15) is 11.6 Å². The first kappa shape index (κ1) is 14.1. The molecular formula is C16H17NO3S. The summed E-state index contributed by atoms with van der Waals surface area (Å²) in [5.74, 6) is 0.747. The van der Waals surface area contributed by atoms with Crippen LogP contribution in [-0.4, -0.2) is 27.3 Å². The fraction of sp³-hybridized carbons (Fsp3) is 0.250. The summed E-state index contributed by atoms with van der Waals surface area (Å²) in [4.78, 5) is 0.332. The van der Waals surface area contributed by atoms with Gasteiger partial charge >= 0.3 is 0 Å². The van der Waals surface area contributed by atoms with Crippen molar-refractivity contribution in [3.8, 4) is 5.75 Å². The summed E-state index contributed by atoms with van der Waals surface area (Å²) in [6.07, 6.45) is 0. The summed E-state index contributed by atoms with van der Waals surface area (Å²) >= 11 is 0. The second-order valence-electron chi connectivity index (χ2n) is 5.01. The predicted octanol–water partition coefficient (Wildman–Crippen LogP) is 2.18. The molecule has 0 saturated carbocycles. The number of rotatable bonds is 3. The second kappa shape index (κ2) is 5.50. The molecular weight excluding hydrogens is 286 g/mol. The van der Waals surface area contributed by atoms with Crippen molar-refractivity contribution in [3.05, 3.63) is 60.2 Å². The Hall–Kier alpha value is -1.85. The van der Waals surface area contributed by atoms with E-state index in [2.05, 4.69) is 5.32 Å². The van der Waals surface area contributed by atoms with Crippen LogP contribution >= 0.6 is 0 Å². The molecule has 3 rings (SSSR count). The molecule has 0 aliphatic carbocycles. The number of benzene rings is 2. The monoisotopic (exact) mass is 303 g/mol. The molecule has 2 aromatic carbocycles. The van der Waals surface area contributed by atoms with Crippen LogP contribution in [0.4, 0.5) is 0 Å². The lowest BCUT2D eigenvalue weighted by Gasteiger charge is -2.33. The Kier molecular flexibility index (Phi) is 3.69. The van der Waals surface area contributed by atoms with Crippen LogP contribution < -0.4 is 10.1 Å². The average Bonchev–Trinajstić information content (AvgIpc) is 2.54. The molecule has 0 radical (unpaired) electrons. The molecule has 0 spiro atoms. The van der Waals surface area contributed by atoms with E-state index in [1.54, 1.807) is 37.4 Å². The van der Waals surface area contributed by atoms with Gasteiger partial charge in [-0.25, -0.2) is 8.42 Å². The van der Waals surface area contributed by atoms with Gasteiger partial charge in [0.05, 0.1) is 10.9 Å². The van der Waals surface area contributed by atoms with E-state index in [0.29, 0.717) is 4.90 Å². The van der Waals surface area contributed by atoms with Crippen molar-refractivity contribution in [3.63, 3.8) is 0 Å². The third-order valence-corrected chi connectivity index (χ3v) is 5.94. The molecule has 1 aliphatic heterocycles. The van der Waals surface area contributed by atoms with Crippen molar-refractivity contribution in [1.29, 1.82) is 0 Å². The standard InChI is InChI=1S/C16H17NO3S/c1-17-16-13-9-5-6-10-14(13)20-11-15(16)21(18,19)12-7-3-2-4-8-12/h2-10,15-17H,11H2,1H3. The highest BCUT2D eigenvalue weighted by molar-refractivity contribution is 7.92. The minimum atomic E-state index is -3.45. The Labute approximate surface area is 124 Å². The van der Waals surface area contributed by atoms with Crippen molar-refractivity contribution in [2.45, 2.75) is 16.2 Å². The highest BCUT2D eigenvalue weighted by Gasteiger charge is 2.39. The maximum atomic E-state index is 12.8. The van der Waals surface area contributed by atoms with E-state index >= 15 is 0 Å². The molecule has 2 aromatic rings. The number of hydrogen-bond donors (Lipinski definition) is 1.